The molecule has 2 aromatic carbocycles. The first-order chi connectivity index (χ1) is 15.5. The number of carbonyl (C=O) groups excluding carboxylic acids is 2. The lowest BCUT2D eigenvalue weighted by atomic mass is 10.1. The Kier molecular flexibility index (Phi) is 6.32. The molecule has 7 nitrogen and oxygen atoms in total. The molecule has 0 aliphatic heterocycles. The van der Waals surface area contributed by atoms with Crippen molar-refractivity contribution in [2.24, 2.45) is 0 Å². The number of rotatable bonds is 6. The van der Waals surface area contributed by atoms with Crippen LogP contribution in [0.25, 0.3) is 21.9 Å². The lowest BCUT2D eigenvalue weighted by Gasteiger charge is -2.12. The summed E-state index contributed by atoms with van der Waals surface area (Å²) in [5, 5.41) is 0.605. The molecule has 0 bridgehead atoms. The summed E-state index contributed by atoms with van der Waals surface area (Å²) in [6.45, 7) is 3.33. The molecule has 8 heteroatoms. The van der Waals surface area contributed by atoms with Crippen LogP contribution in [0.15, 0.2) is 71.1 Å². The summed E-state index contributed by atoms with van der Waals surface area (Å²) in [6, 6.07) is 20.9. The number of nitrogens with zero attached hydrogens (tertiary/aromatic N) is 1. The average Bonchev–Trinajstić information content (AvgIpc) is 3.42. The van der Waals surface area contributed by atoms with Crippen LogP contribution >= 0.6 is 11.3 Å². The zero-order valence-electron chi connectivity index (χ0n) is 17.5. The number of aryl methyl sites for hydroxylation is 2. The van der Waals surface area contributed by atoms with Crippen LogP contribution in [0.4, 0.5) is 0 Å². The second-order valence-electron chi connectivity index (χ2n) is 7.00. The van der Waals surface area contributed by atoms with E-state index in [0.29, 0.717) is 27.1 Å². The van der Waals surface area contributed by atoms with Crippen LogP contribution in [0.2, 0.25) is 0 Å². The second-order valence-corrected chi connectivity index (χ2v) is 8.00. The van der Waals surface area contributed by atoms with Crippen LogP contribution in [-0.4, -0.2) is 23.4 Å². The molecule has 0 atom stereocenters. The fraction of sp³-hybridized carbons (Fsp3) is 0.125. The number of aromatic nitrogens is 1. The minimum atomic E-state index is -0.481. The van der Waals surface area contributed by atoms with Crippen molar-refractivity contribution >= 4 is 23.2 Å². The Balaban J connectivity index is 1.34. The van der Waals surface area contributed by atoms with Gasteiger partial charge in [0.25, 0.3) is 11.8 Å². The summed E-state index contributed by atoms with van der Waals surface area (Å²) in [5.41, 5.74) is 7.22. The zero-order chi connectivity index (χ0) is 22.5. The van der Waals surface area contributed by atoms with Crippen LogP contribution in [-0.2, 0) is 4.79 Å². The van der Waals surface area contributed by atoms with Gasteiger partial charge in [0, 0.05) is 5.56 Å². The van der Waals surface area contributed by atoms with Crippen LogP contribution in [0.5, 0.6) is 5.75 Å². The number of nitrogens with one attached hydrogen (secondary N) is 2. The van der Waals surface area contributed by atoms with E-state index in [-0.39, 0.29) is 6.61 Å². The normalized spacial score (nSPS) is 10.6. The van der Waals surface area contributed by atoms with E-state index < -0.39 is 11.8 Å². The molecular weight excluding hydrogens is 426 g/mol. The Morgan fingerprint density at radius 3 is 2.47 bits per heavy atom. The lowest BCUT2D eigenvalue weighted by molar-refractivity contribution is -0.123. The molecule has 2 N–H and O–H groups in total. The highest BCUT2D eigenvalue weighted by Crippen LogP contribution is 2.30. The van der Waals surface area contributed by atoms with Gasteiger partial charge in [-0.3, -0.25) is 20.4 Å². The van der Waals surface area contributed by atoms with Gasteiger partial charge in [-0.1, -0.05) is 48.5 Å². The number of hydrogen-bond donors (Lipinski definition) is 2. The first-order valence-electron chi connectivity index (χ1n) is 9.92. The summed E-state index contributed by atoms with van der Waals surface area (Å²) < 4.78 is 11.3. The molecule has 2 aromatic heterocycles. The van der Waals surface area contributed by atoms with E-state index in [2.05, 4.69) is 15.8 Å². The van der Waals surface area contributed by atoms with Gasteiger partial charge in [-0.25, -0.2) is 4.98 Å². The molecule has 2 heterocycles. The molecule has 0 spiro atoms. The van der Waals surface area contributed by atoms with E-state index in [1.165, 1.54) is 11.3 Å². The maximum absolute atomic E-state index is 12.5. The van der Waals surface area contributed by atoms with Crippen molar-refractivity contribution in [3.05, 3.63) is 83.1 Å². The maximum atomic E-state index is 12.5. The van der Waals surface area contributed by atoms with Crippen molar-refractivity contribution in [1.82, 2.24) is 15.8 Å². The van der Waals surface area contributed by atoms with Crippen molar-refractivity contribution in [1.29, 1.82) is 0 Å². The van der Waals surface area contributed by atoms with Crippen molar-refractivity contribution in [2.45, 2.75) is 13.8 Å². The fourth-order valence-electron chi connectivity index (χ4n) is 3.07. The third-order valence-corrected chi connectivity index (χ3v) is 5.77. The van der Waals surface area contributed by atoms with Gasteiger partial charge >= 0.3 is 0 Å². The topological polar surface area (TPSA) is 93.5 Å². The Bertz CT molecular complexity index is 1250. The lowest BCUT2D eigenvalue weighted by Crippen LogP contribution is -2.43. The Hall–Kier alpha value is -3.91. The van der Waals surface area contributed by atoms with E-state index in [9.17, 15) is 9.59 Å². The van der Waals surface area contributed by atoms with E-state index in [4.69, 9.17) is 9.15 Å². The van der Waals surface area contributed by atoms with Crippen LogP contribution in [0.3, 0.4) is 0 Å². The highest BCUT2D eigenvalue weighted by Gasteiger charge is 2.18. The average molecular weight is 448 g/mol. The zero-order valence-corrected chi connectivity index (χ0v) is 18.4. The standard InChI is InChI=1S/C24H21N3O4S/c1-15-12-13-20(31-15)24-25-16(2)22(32-24)23(29)27-26-21(28)14-30-19-11-7-6-10-18(19)17-8-4-3-5-9-17/h3-13H,14H2,1-2H3,(H,26,28)(H,27,29). The van der Waals surface area contributed by atoms with Gasteiger partial charge in [-0.15, -0.1) is 11.3 Å². The smallest absolute Gasteiger partial charge is 0.281 e. The third-order valence-electron chi connectivity index (χ3n) is 4.60. The van der Waals surface area contributed by atoms with Gasteiger partial charge in [0.1, 0.15) is 16.4 Å². The molecule has 4 aromatic rings. The maximum Gasteiger partial charge on any atom is 0.281 e. The van der Waals surface area contributed by atoms with Crippen LogP contribution in [0, 0.1) is 13.8 Å². The van der Waals surface area contributed by atoms with E-state index in [1.807, 2.05) is 67.6 Å². The predicted molar refractivity (Wildman–Crippen MR) is 122 cm³/mol. The number of carbonyl (C=O) groups is 2. The minimum absolute atomic E-state index is 0.247. The van der Waals surface area contributed by atoms with Crippen LogP contribution < -0.4 is 15.6 Å². The van der Waals surface area contributed by atoms with Gasteiger partial charge < -0.3 is 9.15 Å². The van der Waals surface area contributed by atoms with Gasteiger partial charge in [0.15, 0.2) is 17.4 Å². The molecule has 0 aliphatic rings. The minimum Gasteiger partial charge on any atom is -0.483 e. The monoisotopic (exact) mass is 447 g/mol. The second kappa shape index (κ2) is 9.49. The largest absolute Gasteiger partial charge is 0.483 e. The highest BCUT2D eigenvalue weighted by atomic mass is 32.1. The molecular formula is C24H21N3O4S. The van der Waals surface area contributed by atoms with E-state index in [1.54, 1.807) is 13.0 Å². The van der Waals surface area contributed by atoms with Gasteiger partial charge in [0.05, 0.1) is 5.69 Å². The SMILES string of the molecule is Cc1ccc(-c2nc(C)c(C(=O)NNC(=O)COc3ccccc3-c3ccccc3)s2)o1. The first kappa shape index (κ1) is 21.3. The van der Waals surface area contributed by atoms with Crippen molar-refractivity contribution < 1.29 is 18.7 Å². The molecule has 0 saturated heterocycles. The molecule has 0 aliphatic carbocycles. The number of hydrogen-bond acceptors (Lipinski definition) is 6. The van der Waals surface area contributed by atoms with Gasteiger partial charge in [0.2, 0.25) is 0 Å². The van der Waals surface area contributed by atoms with Crippen molar-refractivity contribution in [2.75, 3.05) is 6.61 Å². The molecule has 0 fully saturated rings. The number of ether oxygens (including phenoxy) is 1. The number of benzene rings is 2. The van der Waals surface area contributed by atoms with Gasteiger partial charge in [-0.2, -0.15) is 0 Å². The Labute approximate surface area is 189 Å². The van der Waals surface area contributed by atoms with Crippen molar-refractivity contribution in [3.8, 4) is 27.6 Å². The van der Waals surface area contributed by atoms with Crippen LogP contribution in [0.1, 0.15) is 21.1 Å². The number of para-hydroxylation sites is 1. The summed E-state index contributed by atoms with van der Waals surface area (Å²) in [5.74, 6) is 1.01. The molecule has 32 heavy (non-hydrogen) atoms. The first-order valence-corrected chi connectivity index (χ1v) is 10.7. The number of amides is 2. The predicted octanol–water partition coefficient (Wildman–Crippen LogP) is 4.53. The Morgan fingerprint density at radius 1 is 0.969 bits per heavy atom. The number of hydrazine groups is 1. The van der Waals surface area contributed by atoms with Gasteiger partial charge in [-0.05, 0) is 37.6 Å². The summed E-state index contributed by atoms with van der Waals surface area (Å²) >= 11 is 1.20. The molecule has 0 radical (unpaired) electrons. The quantitative estimate of drug-likeness (QED) is 0.424. The molecule has 2 amide bonds. The summed E-state index contributed by atoms with van der Waals surface area (Å²) in [6.07, 6.45) is 0. The number of thiazole rings is 1. The molecule has 162 valence electrons. The Morgan fingerprint density at radius 2 is 1.72 bits per heavy atom. The molecule has 4 rings (SSSR count). The molecule has 0 saturated carbocycles. The number of furan rings is 1. The third kappa shape index (κ3) is 4.87. The van der Waals surface area contributed by atoms with Crippen molar-refractivity contribution in [3.63, 3.8) is 0 Å². The molecule has 0 unspecified atom stereocenters. The van der Waals surface area contributed by atoms with E-state index >= 15 is 0 Å². The van der Waals surface area contributed by atoms with E-state index in [0.717, 1.165) is 16.9 Å². The fourth-order valence-corrected chi connectivity index (χ4v) is 4.00. The summed E-state index contributed by atoms with van der Waals surface area (Å²) in [7, 11) is 0. The highest BCUT2D eigenvalue weighted by molar-refractivity contribution is 7.17. The summed E-state index contributed by atoms with van der Waals surface area (Å²) in [4.78, 5) is 29.5.